The van der Waals surface area contributed by atoms with Crippen LogP contribution in [-0.2, 0) is 0 Å². The fraction of sp³-hybridized carbons (Fsp3) is 0.889. The van der Waals surface area contributed by atoms with E-state index >= 15 is 0 Å². The van der Waals surface area contributed by atoms with Gasteiger partial charge in [0.15, 0.2) is 6.17 Å². The summed E-state index contributed by atoms with van der Waals surface area (Å²) in [7, 11) is 0. The molecule has 0 aromatic rings. The molecule has 2 bridgehead atoms. The van der Waals surface area contributed by atoms with Crippen molar-refractivity contribution in [3.63, 3.8) is 0 Å². The van der Waals surface area contributed by atoms with Crippen molar-refractivity contribution in [2.24, 2.45) is 22.7 Å². The number of hydrogen-bond donors (Lipinski definition) is 0. The van der Waals surface area contributed by atoms with Crippen LogP contribution >= 0.6 is 0 Å². The number of rotatable bonds is 2. The van der Waals surface area contributed by atoms with Crippen molar-refractivity contribution in [3.8, 4) is 0 Å². The lowest BCUT2D eigenvalue weighted by Crippen LogP contribution is -2.62. The molecule has 0 heterocycles. The summed E-state index contributed by atoms with van der Waals surface area (Å²) >= 11 is 0. The van der Waals surface area contributed by atoms with Crippen molar-refractivity contribution in [3.05, 3.63) is 11.7 Å². The van der Waals surface area contributed by atoms with Gasteiger partial charge in [-0.3, -0.25) is 0 Å². The molecule has 4 rings (SSSR count). The average Bonchev–Trinajstić information content (AvgIpc) is 2.53. The Balaban J connectivity index is 1.91. The highest BCUT2D eigenvalue weighted by atomic mass is 19.3. The number of allylic oxidation sites excluding steroid dienone is 2. The van der Waals surface area contributed by atoms with Crippen molar-refractivity contribution in [2.75, 3.05) is 0 Å². The van der Waals surface area contributed by atoms with Crippen LogP contribution in [0.5, 0.6) is 0 Å². The van der Waals surface area contributed by atoms with Crippen molar-refractivity contribution < 1.29 is 22.0 Å². The highest BCUT2D eigenvalue weighted by molar-refractivity contribution is 5.25. The van der Waals surface area contributed by atoms with Gasteiger partial charge in [-0.05, 0) is 44.4 Å². The Bertz CT molecular complexity index is 494. The van der Waals surface area contributed by atoms with Gasteiger partial charge >= 0.3 is 0 Å². The van der Waals surface area contributed by atoms with E-state index in [1.807, 2.05) is 0 Å². The normalized spacial score (nSPS) is 47.3. The van der Waals surface area contributed by atoms with Crippen LogP contribution in [-0.4, -0.2) is 12.1 Å². The fourth-order valence-electron chi connectivity index (χ4n) is 4.75. The average molecular weight is 336 g/mol. The third-order valence-corrected chi connectivity index (χ3v) is 6.88. The van der Waals surface area contributed by atoms with Crippen molar-refractivity contribution in [2.45, 2.75) is 77.3 Å². The standard InChI is InChI=1S/C18H25F5/c1-11-3-5-12(6-4-11)13(19)14(20)17-9-7-16(2,8-10-17)18(22,23)15(17)21/h11-12,15H,3-10H2,1-2H3/b14-13+. The lowest BCUT2D eigenvalue weighted by molar-refractivity contribution is -0.257. The molecule has 4 aliphatic rings. The molecule has 0 aromatic heterocycles. The molecule has 0 aliphatic heterocycles. The highest BCUT2D eigenvalue weighted by Gasteiger charge is 2.71. The summed E-state index contributed by atoms with van der Waals surface area (Å²) in [6.07, 6.45) is 0.0351. The van der Waals surface area contributed by atoms with Crippen LogP contribution in [0.4, 0.5) is 22.0 Å². The Morgan fingerprint density at radius 1 is 0.913 bits per heavy atom. The van der Waals surface area contributed by atoms with Crippen molar-refractivity contribution in [1.82, 2.24) is 0 Å². The van der Waals surface area contributed by atoms with Crippen LogP contribution < -0.4 is 0 Å². The molecular weight excluding hydrogens is 311 g/mol. The molecule has 0 amide bonds. The molecule has 5 heteroatoms. The number of fused-ring (bicyclic) bond motifs is 3. The van der Waals surface area contributed by atoms with E-state index in [1.165, 1.54) is 6.92 Å². The topological polar surface area (TPSA) is 0 Å². The Labute approximate surface area is 134 Å². The van der Waals surface area contributed by atoms with Crippen LogP contribution in [0, 0.1) is 22.7 Å². The lowest BCUT2D eigenvalue weighted by Gasteiger charge is -2.57. The summed E-state index contributed by atoms with van der Waals surface area (Å²) in [4.78, 5) is 0. The van der Waals surface area contributed by atoms with Crippen molar-refractivity contribution in [1.29, 1.82) is 0 Å². The van der Waals surface area contributed by atoms with Gasteiger partial charge < -0.3 is 0 Å². The van der Waals surface area contributed by atoms with Gasteiger partial charge in [-0.25, -0.2) is 22.0 Å². The quantitative estimate of drug-likeness (QED) is 0.504. The first-order valence-electron chi connectivity index (χ1n) is 8.71. The summed E-state index contributed by atoms with van der Waals surface area (Å²) in [5.74, 6) is -5.87. The van der Waals surface area contributed by atoms with E-state index in [0.29, 0.717) is 18.8 Å². The van der Waals surface area contributed by atoms with Gasteiger partial charge in [-0.15, -0.1) is 0 Å². The SMILES string of the molecule is CC1CCC(/C(F)=C(\F)C23CCC(C)(CC2)C(F)(F)C3F)CC1. The maximum atomic E-state index is 14.9. The molecule has 0 nitrogen and oxygen atoms in total. The first-order valence-corrected chi connectivity index (χ1v) is 8.71. The molecule has 4 aliphatic carbocycles. The molecule has 0 N–H and O–H groups in total. The monoisotopic (exact) mass is 336 g/mol. The van der Waals surface area contributed by atoms with E-state index in [9.17, 15) is 22.0 Å². The van der Waals surface area contributed by atoms with Gasteiger partial charge in [0.25, 0.3) is 5.92 Å². The Morgan fingerprint density at radius 3 is 1.96 bits per heavy atom. The summed E-state index contributed by atoms with van der Waals surface area (Å²) in [5, 5.41) is 0. The van der Waals surface area contributed by atoms with E-state index in [1.54, 1.807) is 0 Å². The van der Waals surface area contributed by atoms with Gasteiger partial charge in [0, 0.05) is 11.3 Å². The van der Waals surface area contributed by atoms with Crippen molar-refractivity contribution >= 4 is 0 Å². The molecule has 1 unspecified atom stereocenters. The number of alkyl halides is 3. The van der Waals surface area contributed by atoms with Gasteiger partial charge in [-0.2, -0.15) is 0 Å². The molecule has 0 spiro atoms. The van der Waals surface area contributed by atoms with Crippen LogP contribution in [0.25, 0.3) is 0 Å². The second-order valence-electron chi connectivity index (χ2n) is 8.32. The Morgan fingerprint density at radius 2 is 1.43 bits per heavy atom. The predicted molar refractivity (Wildman–Crippen MR) is 79.2 cm³/mol. The first-order chi connectivity index (χ1) is 10.6. The molecule has 0 radical (unpaired) electrons. The zero-order valence-corrected chi connectivity index (χ0v) is 13.8. The molecule has 4 saturated carbocycles. The molecule has 23 heavy (non-hydrogen) atoms. The second kappa shape index (κ2) is 5.45. The van der Waals surface area contributed by atoms with Crippen LogP contribution in [0.1, 0.15) is 65.2 Å². The summed E-state index contributed by atoms with van der Waals surface area (Å²) in [6, 6.07) is 0. The zero-order chi connectivity index (χ0) is 17.0. The van der Waals surface area contributed by atoms with Crippen LogP contribution in [0.15, 0.2) is 11.7 Å². The lowest BCUT2D eigenvalue weighted by atomic mass is 9.51. The van der Waals surface area contributed by atoms with Gasteiger partial charge in [0.2, 0.25) is 0 Å². The maximum absolute atomic E-state index is 14.9. The maximum Gasteiger partial charge on any atom is 0.284 e. The molecular formula is C18H25F5. The minimum atomic E-state index is -3.60. The third-order valence-electron chi connectivity index (χ3n) is 6.88. The summed E-state index contributed by atoms with van der Waals surface area (Å²) < 4.78 is 72.9. The smallest absolute Gasteiger partial charge is 0.240 e. The molecule has 4 fully saturated rings. The molecule has 132 valence electrons. The Kier molecular flexibility index (Phi) is 4.08. The fourth-order valence-corrected chi connectivity index (χ4v) is 4.75. The van der Waals surface area contributed by atoms with Crippen LogP contribution in [0.3, 0.4) is 0 Å². The van der Waals surface area contributed by atoms with Gasteiger partial charge in [0.05, 0.1) is 5.41 Å². The van der Waals surface area contributed by atoms with Gasteiger partial charge in [-0.1, -0.05) is 26.7 Å². The minimum Gasteiger partial charge on any atom is -0.240 e. The van der Waals surface area contributed by atoms with Crippen LogP contribution in [0.2, 0.25) is 0 Å². The second-order valence-corrected chi connectivity index (χ2v) is 8.32. The largest absolute Gasteiger partial charge is 0.284 e. The summed E-state index contributed by atoms with van der Waals surface area (Å²) in [5.41, 5.74) is -3.38. The Hall–Kier alpha value is -0.610. The first kappa shape index (κ1) is 17.2. The predicted octanol–water partition coefficient (Wildman–Crippen LogP) is 6.52. The number of hydrogen-bond acceptors (Lipinski definition) is 0. The summed E-state index contributed by atoms with van der Waals surface area (Å²) in [6.45, 7) is 3.43. The number of halogens is 5. The van der Waals surface area contributed by atoms with E-state index in [4.69, 9.17) is 0 Å². The van der Waals surface area contributed by atoms with E-state index in [0.717, 1.165) is 12.8 Å². The minimum absolute atomic E-state index is 0.0252. The molecule has 0 aromatic carbocycles. The van der Waals surface area contributed by atoms with E-state index in [-0.39, 0.29) is 25.7 Å². The van der Waals surface area contributed by atoms with E-state index in [2.05, 4.69) is 6.92 Å². The third kappa shape index (κ3) is 2.36. The van der Waals surface area contributed by atoms with Gasteiger partial charge in [0.1, 0.15) is 11.7 Å². The van der Waals surface area contributed by atoms with E-state index < -0.39 is 40.5 Å². The molecule has 0 saturated heterocycles. The zero-order valence-electron chi connectivity index (χ0n) is 13.8. The highest BCUT2D eigenvalue weighted by Crippen LogP contribution is 2.67. The molecule has 1 atom stereocenters.